The summed E-state index contributed by atoms with van der Waals surface area (Å²) < 4.78 is 5.30. The molecule has 0 aliphatic carbocycles. The summed E-state index contributed by atoms with van der Waals surface area (Å²) in [5, 5.41) is 11.8. The minimum atomic E-state index is -0.244. The highest BCUT2D eigenvalue weighted by atomic mass is 16.5. The molecule has 2 aromatic carbocycles. The molecular formula is C23H23N5O2. The summed E-state index contributed by atoms with van der Waals surface area (Å²) in [6.45, 7) is 0.446. The van der Waals surface area contributed by atoms with Crippen molar-refractivity contribution in [1.29, 1.82) is 0 Å². The molecule has 1 atom stereocenters. The van der Waals surface area contributed by atoms with Gasteiger partial charge in [0.25, 0.3) is 5.91 Å². The fourth-order valence-corrected chi connectivity index (χ4v) is 3.43. The normalized spacial score (nSPS) is 11.9. The topological polar surface area (TPSA) is 106 Å². The van der Waals surface area contributed by atoms with Crippen LogP contribution >= 0.6 is 0 Å². The largest absolute Gasteiger partial charge is 0.497 e. The van der Waals surface area contributed by atoms with E-state index in [9.17, 15) is 4.79 Å². The van der Waals surface area contributed by atoms with Crippen LogP contribution in [0.2, 0.25) is 0 Å². The molecule has 1 unspecified atom stereocenters. The molecule has 0 bridgehead atoms. The van der Waals surface area contributed by atoms with Crippen molar-refractivity contribution in [3.05, 3.63) is 78.4 Å². The molecule has 1 amide bonds. The Hall–Kier alpha value is -3.71. The summed E-state index contributed by atoms with van der Waals surface area (Å²) in [4.78, 5) is 17.3. The summed E-state index contributed by atoms with van der Waals surface area (Å²) in [7, 11) is 1.62. The lowest BCUT2D eigenvalue weighted by molar-refractivity contribution is 0.0930. The second-order valence-electron chi connectivity index (χ2n) is 7.00. The molecule has 4 N–H and O–H groups in total. The number of ether oxygens (including phenoxy) is 1. The predicted octanol–water partition coefficient (Wildman–Crippen LogP) is 3.45. The van der Waals surface area contributed by atoms with E-state index in [1.165, 1.54) is 0 Å². The molecule has 0 fully saturated rings. The van der Waals surface area contributed by atoms with Gasteiger partial charge in [-0.25, -0.2) is 0 Å². The third kappa shape index (κ3) is 4.16. The maximum absolute atomic E-state index is 13.0. The number of hydrogen-bond acceptors (Lipinski definition) is 5. The molecule has 0 aliphatic heterocycles. The van der Waals surface area contributed by atoms with Crippen molar-refractivity contribution >= 4 is 16.7 Å². The minimum absolute atomic E-state index is 0.229. The van der Waals surface area contributed by atoms with Gasteiger partial charge < -0.3 is 15.8 Å². The number of nitrogens with two attached hydrogens (primary N) is 1. The Morgan fingerprint density at radius 2 is 2.03 bits per heavy atom. The molecule has 4 aromatic rings. The van der Waals surface area contributed by atoms with E-state index in [1.807, 2.05) is 48.7 Å². The quantitative estimate of drug-likeness (QED) is 0.440. The molecule has 0 radical (unpaired) electrons. The highest BCUT2D eigenvalue weighted by molar-refractivity contribution is 5.97. The van der Waals surface area contributed by atoms with Crippen molar-refractivity contribution in [3.8, 4) is 16.9 Å². The van der Waals surface area contributed by atoms with Crippen molar-refractivity contribution in [2.24, 2.45) is 5.73 Å². The van der Waals surface area contributed by atoms with Gasteiger partial charge in [0.1, 0.15) is 11.4 Å². The average molecular weight is 401 g/mol. The Labute approximate surface area is 174 Å². The SMILES string of the molecule is COc1cccc(C(CCN)NC(=O)c2cc3cc(-c4cn[nH]c4)ccc3cn2)c1. The van der Waals surface area contributed by atoms with Crippen LogP contribution in [0.3, 0.4) is 0 Å². The molecular weight excluding hydrogens is 378 g/mol. The molecule has 2 heterocycles. The van der Waals surface area contributed by atoms with Gasteiger partial charge in [0.2, 0.25) is 0 Å². The zero-order chi connectivity index (χ0) is 20.9. The fourth-order valence-electron chi connectivity index (χ4n) is 3.43. The van der Waals surface area contributed by atoms with Gasteiger partial charge in [0, 0.05) is 23.3 Å². The van der Waals surface area contributed by atoms with Crippen molar-refractivity contribution in [1.82, 2.24) is 20.5 Å². The van der Waals surface area contributed by atoms with Crippen LogP contribution in [0.1, 0.15) is 28.5 Å². The Bertz CT molecular complexity index is 1160. The van der Waals surface area contributed by atoms with Crippen LogP contribution in [-0.2, 0) is 0 Å². The number of amides is 1. The third-order valence-electron chi connectivity index (χ3n) is 5.04. The maximum Gasteiger partial charge on any atom is 0.270 e. The monoisotopic (exact) mass is 401 g/mol. The first kappa shape index (κ1) is 19.6. The molecule has 152 valence electrons. The summed E-state index contributed by atoms with van der Waals surface area (Å²) in [6.07, 6.45) is 5.92. The Morgan fingerprint density at radius 3 is 2.80 bits per heavy atom. The number of hydrogen-bond donors (Lipinski definition) is 3. The first-order chi connectivity index (χ1) is 14.7. The van der Waals surface area contributed by atoms with E-state index in [0.29, 0.717) is 18.7 Å². The number of carbonyl (C=O) groups excluding carboxylic acids is 1. The number of aromatic nitrogens is 3. The van der Waals surface area contributed by atoms with E-state index in [0.717, 1.165) is 33.2 Å². The molecule has 7 heteroatoms. The number of carbonyl (C=O) groups is 1. The van der Waals surface area contributed by atoms with Gasteiger partial charge in [-0.05, 0) is 53.7 Å². The van der Waals surface area contributed by atoms with Crippen molar-refractivity contribution in [3.63, 3.8) is 0 Å². The second-order valence-corrected chi connectivity index (χ2v) is 7.00. The minimum Gasteiger partial charge on any atom is -0.497 e. The van der Waals surface area contributed by atoms with Gasteiger partial charge in [0.05, 0.1) is 19.3 Å². The van der Waals surface area contributed by atoms with Gasteiger partial charge >= 0.3 is 0 Å². The number of fused-ring (bicyclic) bond motifs is 1. The van der Waals surface area contributed by atoms with E-state index in [-0.39, 0.29) is 11.9 Å². The van der Waals surface area contributed by atoms with E-state index in [1.54, 1.807) is 25.6 Å². The number of H-pyrrole nitrogens is 1. The van der Waals surface area contributed by atoms with Crippen LogP contribution in [0.5, 0.6) is 5.75 Å². The van der Waals surface area contributed by atoms with E-state index >= 15 is 0 Å². The first-order valence-corrected chi connectivity index (χ1v) is 9.72. The molecule has 0 spiro atoms. The number of methoxy groups -OCH3 is 1. The van der Waals surface area contributed by atoms with Crippen LogP contribution < -0.4 is 15.8 Å². The molecule has 0 saturated carbocycles. The lowest BCUT2D eigenvalue weighted by Gasteiger charge is -2.19. The summed E-state index contributed by atoms with van der Waals surface area (Å²) in [6, 6.07) is 15.2. The van der Waals surface area contributed by atoms with Gasteiger partial charge in [-0.1, -0.05) is 24.3 Å². The van der Waals surface area contributed by atoms with Crippen LogP contribution in [0, 0.1) is 0 Å². The van der Waals surface area contributed by atoms with Crippen LogP contribution in [0.25, 0.3) is 21.9 Å². The lowest BCUT2D eigenvalue weighted by Crippen LogP contribution is -2.30. The van der Waals surface area contributed by atoms with E-state index in [4.69, 9.17) is 10.5 Å². The lowest BCUT2D eigenvalue weighted by atomic mass is 10.0. The van der Waals surface area contributed by atoms with Crippen molar-refractivity contribution in [2.45, 2.75) is 12.5 Å². The molecule has 0 saturated heterocycles. The Balaban J connectivity index is 1.60. The fraction of sp³-hybridized carbons (Fsp3) is 0.174. The number of aromatic amines is 1. The predicted molar refractivity (Wildman–Crippen MR) is 116 cm³/mol. The van der Waals surface area contributed by atoms with Crippen LogP contribution in [-0.4, -0.2) is 34.7 Å². The van der Waals surface area contributed by atoms with Gasteiger partial charge in [-0.2, -0.15) is 5.10 Å². The van der Waals surface area contributed by atoms with Crippen LogP contribution in [0.15, 0.2) is 67.1 Å². The number of pyridine rings is 1. The van der Waals surface area contributed by atoms with Gasteiger partial charge in [0.15, 0.2) is 0 Å². The number of nitrogens with zero attached hydrogens (tertiary/aromatic N) is 2. The molecule has 2 aromatic heterocycles. The van der Waals surface area contributed by atoms with Crippen molar-refractivity contribution < 1.29 is 9.53 Å². The van der Waals surface area contributed by atoms with Gasteiger partial charge in [-0.15, -0.1) is 0 Å². The highest BCUT2D eigenvalue weighted by Gasteiger charge is 2.17. The summed E-state index contributed by atoms with van der Waals surface area (Å²) >= 11 is 0. The Morgan fingerprint density at radius 1 is 1.13 bits per heavy atom. The van der Waals surface area contributed by atoms with E-state index in [2.05, 4.69) is 20.5 Å². The highest BCUT2D eigenvalue weighted by Crippen LogP contribution is 2.25. The first-order valence-electron chi connectivity index (χ1n) is 9.72. The number of nitrogens with one attached hydrogen (secondary N) is 2. The maximum atomic E-state index is 13.0. The second kappa shape index (κ2) is 8.75. The van der Waals surface area contributed by atoms with Gasteiger partial charge in [-0.3, -0.25) is 14.9 Å². The zero-order valence-electron chi connectivity index (χ0n) is 16.6. The Kier molecular flexibility index (Phi) is 5.72. The number of benzene rings is 2. The van der Waals surface area contributed by atoms with Crippen LogP contribution in [0.4, 0.5) is 0 Å². The molecule has 30 heavy (non-hydrogen) atoms. The zero-order valence-corrected chi connectivity index (χ0v) is 16.6. The smallest absolute Gasteiger partial charge is 0.270 e. The number of rotatable bonds is 7. The third-order valence-corrected chi connectivity index (χ3v) is 5.04. The molecule has 0 aliphatic rings. The summed E-state index contributed by atoms with van der Waals surface area (Å²) in [5.74, 6) is 0.492. The average Bonchev–Trinajstić information content (AvgIpc) is 3.33. The standard InChI is InChI=1S/C23H23N5O2/c1-30-20-4-2-3-16(10-20)21(7-8-24)28-23(29)22-11-18-9-15(19-13-26-27-14-19)5-6-17(18)12-25-22/h2-6,9-14,21H,7-8,24H2,1H3,(H,26,27)(H,28,29). The van der Waals surface area contributed by atoms with Crippen molar-refractivity contribution in [2.75, 3.05) is 13.7 Å². The molecule has 7 nitrogen and oxygen atoms in total. The summed E-state index contributed by atoms with van der Waals surface area (Å²) in [5.41, 5.74) is 9.09. The molecule has 4 rings (SSSR count). The van der Waals surface area contributed by atoms with E-state index < -0.39 is 0 Å².